The van der Waals surface area contributed by atoms with Gasteiger partial charge in [0, 0.05) is 6.42 Å². The Labute approximate surface area is 83.6 Å². The van der Waals surface area contributed by atoms with Crippen LogP contribution in [0.1, 0.15) is 42.5 Å². The summed E-state index contributed by atoms with van der Waals surface area (Å²) < 4.78 is 4.88. The highest BCUT2D eigenvalue weighted by atomic mass is 16.3. The second kappa shape index (κ2) is 4.27. The average Bonchev–Trinajstić information content (AvgIpc) is 2.72. The molecule has 0 bridgehead atoms. The summed E-state index contributed by atoms with van der Waals surface area (Å²) in [4.78, 5) is 11.7. The van der Waals surface area contributed by atoms with Gasteiger partial charge in [-0.25, -0.2) is 0 Å². The molecule has 2 heteroatoms. The van der Waals surface area contributed by atoms with E-state index in [0.29, 0.717) is 12.0 Å². The molecule has 2 nitrogen and oxygen atoms in total. The molecule has 2 rings (SSSR count). The minimum atomic E-state index is 0.173. The predicted molar refractivity (Wildman–Crippen MR) is 54.2 cm³/mol. The first kappa shape index (κ1) is 9.25. The SMILES string of the molecule is O=C(CC1=CCCCC1)c1ccoc1. The van der Waals surface area contributed by atoms with Crippen LogP contribution in [-0.4, -0.2) is 5.78 Å². The molecule has 0 amide bonds. The van der Waals surface area contributed by atoms with E-state index in [0.717, 1.165) is 12.8 Å². The highest BCUT2D eigenvalue weighted by Gasteiger charge is 2.11. The number of ketones is 1. The number of furan rings is 1. The number of hydrogen-bond acceptors (Lipinski definition) is 2. The van der Waals surface area contributed by atoms with Crippen LogP contribution in [0.3, 0.4) is 0 Å². The Balaban J connectivity index is 1.97. The summed E-state index contributed by atoms with van der Waals surface area (Å²) in [5, 5.41) is 0. The standard InChI is InChI=1S/C12H14O2/c13-12(11-6-7-14-9-11)8-10-4-2-1-3-5-10/h4,6-7,9H,1-3,5,8H2. The van der Waals surface area contributed by atoms with Gasteiger partial charge in [-0.15, -0.1) is 0 Å². The Morgan fingerprint density at radius 3 is 3.00 bits per heavy atom. The number of carbonyl (C=O) groups excluding carboxylic acids is 1. The van der Waals surface area contributed by atoms with Crippen molar-refractivity contribution in [3.05, 3.63) is 35.8 Å². The van der Waals surface area contributed by atoms with Crippen molar-refractivity contribution >= 4 is 5.78 Å². The normalized spacial score (nSPS) is 16.4. The molecule has 0 aromatic carbocycles. The molecule has 1 aliphatic carbocycles. The number of allylic oxidation sites excluding steroid dienone is 2. The van der Waals surface area contributed by atoms with E-state index in [4.69, 9.17) is 4.42 Å². The molecule has 0 aliphatic heterocycles. The van der Waals surface area contributed by atoms with Gasteiger partial charge < -0.3 is 4.42 Å². The van der Waals surface area contributed by atoms with Crippen molar-refractivity contribution in [3.63, 3.8) is 0 Å². The highest BCUT2D eigenvalue weighted by Crippen LogP contribution is 2.21. The molecule has 0 N–H and O–H groups in total. The van der Waals surface area contributed by atoms with Crippen LogP contribution in [0.4, 0.5) is 0 Å². The Bertz CT molecular complexity index is 333. The Kier molecular flexibility index (Phi) is 2.82. The van der Waals surface area contributed by atoms with Crippen LogP contribution in [-0.2, 0) is 0 Å². The van der Waals surface area contributed by atoms with Crippen LogP contribution >= 0.6 is 0 Å². The number of carbonyl (C=O) groups is 1. The van der Waals surface area contributed by atoms with E-state index in [1.54, 1.807) is 12.3 Å². The van der Waals surface area contributed by atoms with Gasteiger partial charge in [0.25, 0.3) is 0 Å². The first-order valence-electron chi connectivity index (χ1n) is 5.09. The average molecular weight is 190 g/mol. The third kappa shape index (κ3) is 2.13. The van der Waals surface area contributed by atoms with E-state index in [2.05, 4.69) is 6.08 Å². The fourth-order valence-corrected chi connectivity index (χ4v) is 1.80. The second-order valence-corrected chi connectivity index (χ2v) is 3.72. The van der Waals surface area contributed by atoms with Crippen LogP contribution in [0.15, 0.2) is 34.7 Å². The molecule has 0 saturated heterocycles. The van der Waals surface area contributed by atoms with Gasteiger partial charge in [0.1, 0.15) is 6.26 Å². The third-order valence-corrected chi connectivity index (χ3v) is 2.62. The Morgan fingerprint density at radius 2 is 2.36 bits per heavy atom. The summed E-state index contributed by atoms with van der Waals surface area (Å²) in [5.41, 5.74) is 1.99. The fraction of sp³-hybridized carbons (Fsp3) is 0.417. The smallest absolute Gasteiger partial charge is 0.170 e. The molecule has 14 heavy (non-hydrogen) atoms. The van der Waals surface area contributed by atoms with Crippen molar-refractivity contribution in [1.29, 1.82) is 0 Å². The van der Waals surface area contributed by atoms with Gasteiger partial charge in [-0.05, 0) is 31.7 Å². The molecule has 0 fully saturated rings. The van der Waals surface area contributed by atoms with Crippen LogP contribution in [0.25, 0.3) is 0 Å². The summed E-state index contributed by atoms with van der Waals surface area (Å²) in [6, 6.07) is 1.73. The van der Waals surface area contributed by atoms with E-state index in [1.165, 1.54) is 24.7 Å². The molecule has 0 saturated carbocycles. The molecule has 0 atom stereocenters. The molecule has 0 radical (unpaired) electrons. The summed E-state index contributed by atoms with van der Waals surface area (Å²) >= 11 is 0. The number of rotatable bonds is 3. The first-order chi connectivity index (χ1) is 6.86. The topological polar surface area (TPSA) is 30.2 Å². The lowest BCUT2D eigenvalue weighted by molar-refractivity contribution is 0.0991. The molecule has 1 aliphatic rings. The minimum Gasteiger partial charge on any atom is -0.472 e. The van der Waals surface area contributed by atoms with E-state index < -0.39 is 0 Å². The van der Waals surface area contributed by atoms with Crippen LogP contribution in [0.2, 0.25) is 0 Å². The minimum absolute atomic E-state index is 0.173. The van der Waals surface area contributed by atoms with Gasteiger partial charge in [0.2, 0.25) is 0 Å². The lowest BCUT2D eigenvalue weighted by Crippen LogP contribution is -2.01. The number of Topliss-reactive ketones (excluding diaryl/α,β-unsaturated/α-hetero) is 1. The van der Waals surface area contributed by atoms with Crippen molar-refractivity contribution in [2.45, 2.75) is 32.1 Å². The summed E-state index contributed by atoms with van der Waals surface area (Å²) in [5.74, 6) is 0.173. The predicted octanol–water partition coefficient (Wildman–Crippen LogP) is 3.35. The quantitative estimate of drug-likeness (QED) is 0.540. The van der Waals surface area contributed by atoms with Gasteiger partial charge in [-0.3, -0.25) is 4.79 Å². The lowest BCUT2D eigenvalue weighted by atomic mass is 9.94. The molecule has 1 aromatic heterocycles. The fourth-order valence-electron chi connectivity index (χ4n) is 1.80. The zero-order valence-electron chi connectivity index (χ0n) is 8.16. The second-order valence-electron chi connectivity index (χ2n) is 3.72. The van der Waals surface area contributed by atoms with E-state index in [-0.39, 0.29) is 5.78 Å². The summed E-state index contributed by atoms with van der Waals surface area (Å²) in [6.45, 7) is 0. The zero-order valence-corrected chi connectivity index (χ0v) is 8.16. The zero-order chi connectivity index (χ0) is 9.80. The maximum Gasteiger partial charge on any atom is 0.170 e. The van der Waals surface area contributed by atoms with E-state index in [1.807, 2.05) is 0 Å². The lowest BCUT2D eigenvalue weighted by Gasteiger charge is -2.10. The summed E-state index contributed by atoms with van der Waals surface area (Å²) in [7, 11) is 0. The van der Waals surface area contributed by atoms with Crippen LogP contribution in [0, 0.1) is 0 Å². The molecule has 1 heterocycles. The monoisotopic (exact) mass is 190 g/mol. The number of hydrogen-bond donors (Lipinski definition) is 0. The molecule has 74 valence electrons. The van der Waals surface area contributed by atoms with Crippen molar-refractivity contribution in [2.75, 3.05) is 0 Å². The summed E-state index contributed by atoms with van der Waals surface area (Å²) in [6.07, 6.45) is 10.6. The maximum atomic E-state index is 11.7. The van der Waals surface area contributed by atoms with Crippen LogP contribution < -0.4 is 0 Å². The van der Waals surface area contributed by atoms with E-state index in [9.17, 15) is 4.79 Å². The van der Waals surface area contributed by atoms with Crippen molar-refractivity contribution in [3.8, 4) is 0 Å². The van der Waals surface area contributed by atoms with Gasteiger partial charge in [0.05, 0.1) is 11.8 Å². The molecular weight excluding hydrogens is 176 g/mol. The maximum absolute atomic E-state index is 11.7. The molecule has 0 spiro atoms. The van der Waals surface area contributed by atoms with E-state index >= 15 is 0 Å². The van der Waals surface area contributed by atoms with Gasteiger partial charge in [-0.2, -0.15) is 0 Å². The molecular formula is C12H14O2. The Hall–Kier alpha value is -1.31. The van der Waals surface area contributed by atoms with Crippen molar-refractivity contribution < 1.29 is 9.21 Å². The Morgan fingerprint density at radius 1 is 1.43 bits per heavy atom. The van der Waals surface area contributed by atoms with Gasteiger partial charge >= 0.3 is 0 Å². The van der Waals surface area contributed by atoms with Gasteiger partial charge in [0.15, 0.2) is 5.78 Å². The first-order valence-corrected chi connectivity index (χ1v) is 5.09. The van der Waals surface area contributed by atoms with Crippen molar-refractivity contribution in [2.24, 2.45) is 0 Å². The van der Waals surface area contributed by atoms with Gasteiger partial charge in [-0.1, -0.05) is 11.6 Å². The largest absolute Gasteiger partial charge is 0.472 e. The van der Waals surface area contributed by atoms with Crippen molar-refractivity contribution in [1.82, 2.24) is 0 Å². The highest BCUT2D eigenvalue weighted by molar-refractivity contribution is 5.97. The third-order valence-electron chi connectivity index (χ3n) is 2.62. The molecule has 0 unspecified atom stereocenters. The molecule has 1 aromatic rings. The van der Waals surface area contributed by atoms with Crippen LogP contribution in [0.5, 0.6) is 0 Å².